The van der Waals surface area contributed by atoms with Crippen molar-refractivity contribution in [1.29, 1.82) is 0 Å². The lowest BCUT2D eigenvalue weighted by Gasteiger charge is -2.10. The molecule has 1 amide bonds. The van der Waals surface area contributed by atoms with E-state index in [0.717, 1.165) is 6.07 Å². The van der Waals surface area contributed by atoms with Gasteiger partial charge in [0.1, 0.15) is 17.1 Å². The number of hydrogen-bond donors (Lipinski definition) is 1. The molecular formula is C18H14FNO4. The number of fused-ring (bicyclic) bond motifs is 1. The first kappa shape index (κ1) is 15.7. The Labute approximate surface area is 136 Å². The standard InChI is InChI=1S/C18H14FNO4/c1-10-3-4-11(19)7-15(10)20-18(22)14-9-17(21)24-16-8-12(23-2)5-6-13(14)16/h3-9H,1-2H3,(H,20,22). The summed E-state index contributed by atoms with van der Waals surface area (Å²) in [6.45, 7) is 1.75. The Kier molecular flexibility index (Phi) is 4.04. The highest BCUT2D eigenvalue weighted by molar-refractivity contribution is 6.12. The number of ether oxygens (including phenoxy) is 1. The van der Waals surface area contributed by atoms with Crippen molar-refractivity contribution < 1.29 is 18.3 Å². The maximum absolute atomic E-state index is 13.4. The first-order valence-corrected chi connectivity index (χ1v) is 7.17. The van der Waals surface area contributed by atoms with E-state index < -0.39 is 17.3 Å². The Bertz CT molecular complexity index is 994. The van der Waals surface area contributed by atoms with Gasteiger partial charge in [-0.15, -0.1) is 0 Å². The summed E-state index contributed by atoms with van der Waals surface area (Å²) < 4.78 is 23.6. The second kappa shape index (κ2) is 6.16. The number of carbonyl (C=O) groups excluding carboxylic acids is 1. The highest BCUT2D eigenvalue weighted by Crippen LogP contribution is 2.24. The van der Waals surface area contributed by atoms with Gasteiger partial charge in [0.25, 0.3) is 5.91 Å². The Balaban J connectivity index is 2.06. The fourth-order valence-electron chi connectivity index (χ4n) is 2.38. The normalized spacial score (nSPS) is 10.6. The van der Waals surface area contributed by atoms with Crippen LogP contribution in [0.15, 0.2) is 51.7 Å². The third kappa shape index (κ3) is 2.99. The van der Waals surface area contributed by atoms with E-state index in [-0.39, 0.29) is 11.1 Å². The Morgan fingerprint density at radius 2 is 1.96 bits per heavy atom. The van der Waals surface area contributed by atoms with Crippen LogP contribution in [0.3, 0.4) is 0 Å². The number of methoxy groups -OCH3 is 1. The SMILES string of the molecule is COc1ccc2c(C(=O)Nc3cc(F)ccc3C)cc(=O)oc2c1. The van der Waals surface area contributed by atoms with Gasteiger partial charge in [-0.25, -0.2) is 9.18 Å². The zero-order valence-electron chi connectivity index (χ0n) is 13.1. The van der Waals surface area contributed by atoms with Gasteiger partial charge in [-0.1, -0.05) is 6.07 Å². The van der Waals surface area contributed by atoms with E-state index in [1.165, 1.54) is 25.3 Å². The lowest BCUT2D eigenvalue weighted by Crippen LogP contribution is -2.16. The van der Waals surface area contributed by atoms with Gasteiger partial charge in [-0.2, -0.15) is 0 Å². The summed E-state index contributed by atoms with van der Waals surface area (Å²) in [5.74, 6) is -0.478. The van der Waals surface area contributed by atoms with Crippen LogP contribution in [0.1, 0.15) is 15.9 Å². The lowest BCUT2D eigenvalue weighted by atomic mass is 10.1. The summed E-state index contributed by atoms with van der Waals surface area (Å²) in [7, 11) is 1.49. The van der Waals surface area contributed by atoms with Crippen molar-refractivity contribution in [3.05, 3.63) is 69.8 Å². The number of halogens is 1. The number of anilines is 1. The molecule has 2 aromatic carbocycles. The van der Waals surface area contributed by atoms with Crippen LogP contribution in [0.4, 0.5) is 10.1 Å². The number of amides is 1. The van der Waals surface area contributed by atoms with Crippen molar-refractivity contribution in [3.8, 4) is 5.75 Å². The number of nitrogens with one attached hydrogen (secondary N) is 1. The molecule has 0 aliphatic heterocycles. The van der Waals surface area contributed by atoms with Crippen LogP contribution in [-0.4, -0.2) is 13.0 Å². The predicted octanol–water partition coefficient (Wildman–Crippen LogP) is 3.50. The Morgan fingerprint density at radius 3 is 2.71 bits per heavy atom. The van der Waals surface area contributed by atoms with E-state index in [9.17, 15) is 14.0 Å². The highest BCUT2D eigenvalue weighted by atomic mass is 19.1. The molecule has 0 saturated carbocycles. The van der Waals surface area contributed by atoms with E-state index in [0.29, 0.717) is 22.4 Å². The molecule has 0 aliphatic carbocycles. The van der Waals surface area contributed by atoms with Crippen LogP contribution in [0.5, 0.6) is 5.75 Å². The monoisotopic (exact) mass is 327 g/mol. The topological polar surface area (TPSA) is 68.5 Å². The molecule has 3 aromatic rings. The van der Waals surface area contributed by atoms with Gasteiger partial charge in [-0.3, -0.25) is 4.79 Å². The molecule has 0 radical (unpaired) electrons. The molecule has 24 heavy (non-hydrogen) atoms. The molecule has 0 saturated heterocycles. The first-order chi connectivity index (χ1) is 11.5. The summed E-state index contributed by atoms with van der Waals surface area (Å²) in [6, 6.07) is 10.0. The van der Waals surface area contributed by atoms with Crippen LogP contribution in [0.25, 0.3) is 11.0 Å². The fourth-order valence-corrected chi connectivity index (χ4v) is 2.38. The van der Waals surface area contributed by atoms with Gasteiger partial charge in [0.15, 0.2) is 0 Å². The van der Waals surface area contributed by atoms with E-state index in [1.807, 2.05) is 0 Å². The van der Waals surface area contributed by atoms with E-state index in [1.54, 1.807) is 25.1 Å². The molecule has 6 heteroatoms. The summed E-state index contributed by atoms with van der Waals surface area (Å²) in [4.78, 5) is 24.3. The molecule has 122 valence electrons. The summed E-state index contributed by atoms with van der Waals surface area (Å²) in [5.41, 5.74) is 0.779. The zero-order valence-corrected chi connectivity index (χ0v) is 13.1. The fraction of sp³-hybridized carbons (Fsp3) is 0.111. The van der Waals surface area contributed by atoms with Crippen molar-refractivity contribution in [2.45, 2.75) is 6.92 Å². The molecule has 0 unspecified atom stereocenters. The predicted molar refractivity (Wildman–Crippen MR) is 88.1 cm³/mol. The lowest BCUT2D eigenvalue weighted by molar-refractivity contribution is 0.102. The van der Waals surface area contributed by atoms with Crippen molar-refractivity contribution >= 4 is 22.6 Å². The second-order valence-corrected chi connectivity index (χ2v) is 5.25. The summed E-state index contributed by atoms with van der Waals surface area (Å²) >= 11 is 0. The van der Waals surface area contributed by atoms with Crippen molar-refractivity contribution in [1.82, 2.24) is 0 Å². The average molecular weight is 327 g/mol. The largest absolute Gasteiger partial charge is 0.497 e. The van der Waals surface area contributed by atoms with Gasteiger partial charge in [-0.05, 0) is 36.8 Å². The van der Waals surface area contributed by atoms with Gasteiger partial charge >= 0.3 is 5.63 Å². The van der Waals surface area contributed by atoms with Gasteiger partial charge in [0.05, 0.1) is 12.7 Å². The van der Waals surface area contributed by atoms with Crippen LogP contribution in [-0.2, 0) is 0 Å². The zero-order chi connectivity index (χ0) is 17.3. The van der Waals surface area contributed by atoms with Gasteiger partial charge in [0, 0.05) is 23.2 Å². The minimum Gasteiger partial charge on any atom is -0.497 e. The molecule has 5 nitrogen and oxygen atoms in total. The smallest absolute Gasteiger partial charge is 0.337 e. The molecule has 0 bridgehead atoms. The third-order valence-electron chi connectivity index (χ3n) is 3.64. The summed E-state index contributed by atoms with van der Waals surface area (Å²) in [5, 5.41) is 3.08. The number of rotatable bonds is 3. The molecule has 3 rings (SSSR count). The van der Waals surface area contributed by atoms with E-state index in [4.69, 9.17) is 9.15 Å². The third-order valence-corrected chi connectivity index (χ3v) is 3.64. The van der Waals surface area contributed by atoms with Crippen LogP contribution in [0, 0.1) is 12.7 Å². The quantitative estimate of drug-likeness (QED) is 0.748. The van der Waals surface area contributed by atoms with E-state index >= 15 is 0 Å². The number of hydrogen-bond acceptors (Lipinski definition) is 4. The average Bonchev–Trinajstić information content (AvgIpc) is 2.56. The first-order valence-electron chi connectivity index (χ1n) is 7.17. The Morgan fingerprint density at radius 1 is 1.17 bits per heavy atom. The maximum atomic E-state index is 13.4. The van der Waals surface area contributed by atoms with E-state index in [2.05, 4.69) is 5.32 Å². The molecular weight excluding hydrogens is 313 g/mol. The van der Waals surface area contributed by atoms with Crippen molar-refractivity contribution in [2.75, 3.05) is 12.4 Å². The van der Waals surface area contributed by atoms with Gasteiger partial charge < -0.3 is 14.5 Å². The molecule has 0 atom stereocenters. The number of benzene rings is 2. The van der Waals surface area contributed by atoms with Crippen LogP contribution in [0.2, 0.25) is 0 Å². The highest BCUT2D eigenvalue weighted by Gasteiger charge is 2.15. The second-order valence-electron chi connectivity index (χ2n) is 5.25. The molecule has 1 N–H and O–H groups in total. The van der Waals surface area contributed by atoms with Gasteiger partial charge in [0.2, 0.25) is 0 Å². The maximum Gasteiger partial charge on any atom is 0.337 e. The molecule has 0 fully saturated rings. The Hall–Kier alpha value is -3.15. The minimum atomic E-state index is -0.656. The van der Waals surface area contributed by atoms with Crippen LogP contribution < -0.4 is 15.7 Å². The van der Waals surface area contributed by atoms with Crippen LogP contribution >= 0.6 is 0 Å². The molecule has 1 heterocycles. The number of aryl methyl sites for hydroxylation is 1. The minimum absolute atomic E-state index is 0.146. The molecule has 0 spiro atoms. The summed E-state index contributed by atoms with van der Waals surface area (Å²) in [6.07, 6.45) is 0. The van der Waals surface area contributed by atoms with Crippen molar-refractivity contribution in [3.63, 3.8) is 0 Å². The van der Waals surface area contributed by atoms with Crippen molar-refractivity contribution in [2.24, 2.45) is 0 Å². The number of carbonyl (C=O) groups is 1. The molecule has 0 aliphatic rings. The molecule has 1 aromatic heterocycles.